The van der Waals surface area contributed by atoms with Crippen molar-refractivity contribution in [3.8, 4) is 0 Å². The maximum Gasteiger partial charge on any atom is 0.416 e. The van der Waals surface area contributed by atoms with Gasteiger partial charge in [-0.1, -0.05) is 5.16 Å². The molecule has 0 spiro atoms. The van der Waals surface area contributed by atoms with E-state index in [0.717, 1.165) is 12.1 Å². The molecular weight excluding hydrogens is 377 g/mol. The second-order valence-electron chi connectivity index (χ2n) is 6.09. The quantitative estimate of drug-likeness (QED) is 0.563. The summed E-state index contributed by atoms with van der Waals surface area (Å²) >= 11 is 0. The van der Waals surface area contributed by atoms with E-state index in [9.17, 15) is 18.0 Å². The number of carbonyl (C=O) groups excluding carboxylic acids is 1. The fraction of sp³-hybridized carbons (Fsp3) is 0.167. The van der Waals surface area contributed by atoms with Crippen molar-refractivity contribution in [2.45, 2.75) is 19.6 Å². The van der Waals surface area contributed by atoms with Gasteiger partial charge in [-0.25, -0.2) is 4.98 Å². The lowest BCUT2D eigenvalue weighted by Crippen LogP contribution is -2.15. The average molecular weight is 390 g/mol. The van der Waals surface area contributed by atoms with Gasteiger partial charge in [0.15, 0.2) is 0 Å². The molecule has 0 fully saturated rings. The van der Waals surface area contributed by atoms with Crippen molar-refractivity contribution in [1.82, 2.24) is 14.7 Å². The maximum absolute atomic E-state index is 13.0. The summed E-state index contributed by atoms with van der Waals surface area (Å²) in [6.07, 6.45) is -3.02. The van der Waals surface area contributed by atoms with Gasteiger partial charge in [0.05, 0.1) is 35.1 Å². The van der Waals surface area contributed by atoms with Crippen molar-refractivity contribution < 1.29 is 26.9 Å². The van der Waals surface area contributed by atoms with Crippen LogP contribution < -0.4 is 5.32 Å². The molecule has 0 aliphatic heterocycles. The number of fused-ring (bicyclic) bond motifs is 1. The van der Waals surface area contributed by atoms with E-state index in [4.69, 9.17) is 8.94 Å². The Morgan fingerprint density at radius 2 is 2.07 bits per heavy atom. The van der Waals surface area contributed by atoms with Gasteiger partial charge in [-0.05, 0) is 37.3 Å². The minimum atomic E-state index is -4.50. The average Bonchev–Trinajstić information content (AvgIpc) is 3.35. The minimum absolute atomic E-state index is 0.0370. The number of nitrogens with one attached hydrogen (secondary N) is 1. The molecule has 0 saturated heterocycles. The highest BCUT2D eigenvalue weighted by atomic mass is 19.4. The first-order valence-electron chi connectivity index (χ1n) is 8.16. The van der Waals surface area contributed by atoms with E-state index in [1.807, 2.05) is 0 Å². The number of furan rings is 1. The maximum atomic E-state index is 13.0. The van der Waals surface area contributed by atoms with Crippen molar-refractivity contribution in [2.75, 3.05) is 5.32 Å². The van der Waals surface area contributed by atoms with Gasteiger partial charge in [0, 0.05) is 6.07 Å². The number of carbonyl (C=O) groups is 1. The van der Waals surface area contributed by atoms with Crippen LogP contribution in [0.4, 0.5) is 19.1 Å². The van der Waals surface area contributed by atoms with Crippen LogP contribution in [0.25, 0.3) is 11.0 Å². The van der Waals surface area contributed by atoms with Gasteiger partial charge in [0.1, 0.15) is 5.76 Å². The minimum Gasteiger partial charge on any atom is -0.467 e. The van der Waals surface area contributed by atoms with E-state index in [1.54, 1.807) is 23.6 Å². The molecule has 0 atom stereocenters. The van der Waals surface area contributed by atoms with E-state index < -0.39 is 17.6 Å². The predicted octanol–water partition coefficient (Wildman–Crippen LogP) is 4.25. The topological polar surface area (TPSA) is 86.1 Å². The first-order valence-corrected chi connectivity index (χ1v) is 8.16. The highest BCUT2D eigenvalue weighted by Crippen LogP contribution is 2.32. The number of aryl methyl sites for hydroxylation is 1. The smallest absolute Gasteiger partial charge is 0.416 e. The number of benzene rings is 1. The van der Waals surface area contributed by atoms with Crippen LogP contribution in [-0.2, 0) is 12.7 Å². The van der Waals surface area contributed by atoms with E-state index in [2.05, 4.69) is 15.5 Å². The Kier molecular flexibility index (Phi) is 4.17. The third-order valence-electron chi connectivity index (χ3n) is 4.05. The van der Waals surface area contributed by atoms with Crippen molar-refractivity contribution in [3.63, 3.8) is 0 Å². The summed E-state index contributed by atoms with van der Waals surface area (Å²) in [5.41, 5.74) is 0.189. The number of rotatable bonds is 4. The van der Waals surface area contributed by atoms with Crippen LogP contribution in [0.5, 0.6) is 0 Å². The molecule has 0 unspecified atom stereocenters. The number of aromatic nitrogens is 3. The molecule has 144 valence electrons. The summed E-state index contributed by atoms with van der Waals surface area (Å²) in [4.78, 5) is 16.6. The molecule has 7 nitrogen and oxygen atoms in total. The number of imidazole rings is 1. The van der Waals surface area contributed by atoms with Crippen molar-refractivity contribution in [1.29, 1.82) is 0 Å². The third-order valence-corrected chi connectivity index (χ3v) is 4.05. The standard InChI is InChI=1S/C18H13F3N4O3/c1-10-7-15(28-24-10)16(26)23-17-22-13-8-11(18(19,20)21)4-5-14(13)25(17)9-12-3-2-6-27-12/h2-8H,9H2,1H3,(H,22,23,26). The van der Waals surface area contributed by atoms with Gasteiger partial charge in [0.2, 0.25) is 11.7 Å². The molecule has 0 aliphatic carbocycles. The van der Waals surface area contributed by atoms with Crippen LogP contribution >= 0.6 is 0 Å². The summed E-state index contributed by atoms with van der Waals surface area (Å²) in [6, 6.07) is 8.04. The molecule has 0 aliphatic rings. The van der Waals surface area contributed by atoms with E-state index in [1.165, 1.54) is 18.4 Å². The molecule has 0 bridgehead atoms. The van der Waals surface area contributed by atoms with Crippen LogP contribution in [0.15, 0.2) is 51.6 Å². The number of halogens is 3. The number of nitrogens with zero attached hydrogens (tertiary/aromatic N) is 3. The van der Waals surface area contributed by atoms with Crippen LogP contribution in [0.1, 0.15) is 27.6 Å². The summed E-state index contributed by atoms with van der Waals surface area (Å²) in [7, 11) is 0. The molecule has 1 aromatic carbocycles. The number of anilines is 1. The zero-order valence-electron chi connectivity index (χ0n) is 14.4. The number of hydrogen-bond donors (Lipinski definition) is 1. The Morgan fingerprint density at radius 1 is 1.25 bits per heavy atom. The molecule has 3 heterocycles. The summed E-state index contributed by atoms with van der Waals surface area (Å²) in [6.45, 7) is 1.82. The Labute approximate surface area is 155 Å². The number of amides is 1. The van der Waals surface area contributed by atoms with Gasteiger partial charge >= 0.3 is 6.18 Å². The first-order chi connectivity index (χ1) is 13.3. The Hall–Kier alpha value is -3.56. The normalized spacial score (nSPS) is 11.9. The predicted molar refractivity (Wildman–Crippen MR) is 91.7 cm³/mol. The molecule has 0 saturated carbocycles. The van der Waals surface area contributed by atoms with Gasteiger partial charge in [-0.2, -0.15) is 13.2 Å². The zero-order chi connectivity index (χ0) is 19.9. The Balaban J connectivity index is 1.77. The largest absolute Gasteiger partial charge is 0.467 e. The zero-order valence-corrected chi connectivity index (χ0v) is 14.4. The Bertz CT molecular complexity index is 1140. The van der Waals surface area contributed by atoms with E-state index in [0.29, 0.717) is 17.0 Å². The van der Waals surface area contributed by atoms with Crippen LogP contribution in [0.3, 0.4) is 0 Å². The van der Waals surface area contributed by atoms with E-state index in [-0.39, 0.29) is 23.8 Å². The van der Waals surface area contributed by atoms with Crippen LogP contribution in [-0.4, -0.2) is 20.6 Å². The second-order valence-corrected chi connectivity index (χ2v) is 6.09. The molecule has 1 amide bonds. The summed E-state index contributed by atoms with van der Waals surface area (Å²) < 4.78 is 50.8. The summed E-state index contributed by atoms with van der Waals surface area (Å²) in [5, 5.41) is 6.20. The van der Waals surface area contributed by atoms with Gasteiger partial charge in [-0.3, -0.25) is 10.1 Å². The van der Waals surface area contributed by atoms with Crippen molar-refractivity contribution in [2.24, 2.45) is 0 Å². The lowest BCUT2D eigenvalue weighted by atomic mass is 10.2. The highest BCUT2D eigenvalue weighted by molar-refractivity contribution is 6.02. The summed E-state index contributed by atoms with van der Waals surface area (Å²) in [5.74, 6) is -0.0484. The first kappa shape index (κ1) is 17.8. The van der Waals surface area contributed by atoms with Crippen LogP contribution in [0.2, 0.25) is 0 Å². The van der Waals surface area contributed by atoms with Crippen molar-refractivity contribution >= 4 is 22.9 Å². The fourth-order valence-electron chi connectivity index (χ4n) is 2.75. The molecule has 4 aromatic rings. The number of alkyl halides is 3. The van der Waals surface area contributed by atoms with Crippen molar-refractivity contribution in [3.05, 3.63) is 65.4 Å². The number of hydrogen-bond acceptors (Lipinski definition) is 5. The second kappa shape index (κ2) is 6.55. The van der Waals surface area contributed by atoms with E-state index >= 15 is 0 Å². The molecule has 0 radical (unpaired) electrons. The highest BCUT2D eigenvalue weighted by Gasteiger charge is 2.31. The molecule has 10 heteroatoms. The monoisotopic (exact) mass is 390 g/mol. The third kappa shape index (κ3) is 3.36. The Morgan fingerprint density at radius 3 is 2.71 bits per heavy atom. The van der Waals surface area contributed by atoms with Gasteiger partial charge < -0.3 is 13.5 Å². The molecule has 3 aromatic heterocycles. The lowest BCUT2D eigenvalue weighted by Gasteiger charge is -2.09. The molecule has 28 heavy (non-hydrogen) atoms. The SMILES string of the molecule is Cc1cc(C(=O)Nc2nc3cc(C(F)(F)F)ccc3n2Cc2ccco2)on1. The fourth-order valence-corrected chi connectivity index (χ4v) is 2.75. The van der Waals surface area contributed by atoms with Gasteiger partial charge in [0.25, 0.3) is 5.91 Å². The molecule has 1 N–H and O–H groups in total. The molecule has 4 rings (SSSR count). The van der Waals surface area contributed by atoms with Crippen LogP contribution in [0, 0.1) is 6.92 Å². The lowest BCUT2D eigenvalue weighted by molar-refractivity contribution is -0.137. The van der Waals surface area contributed by atoms with Gasteiger partial charge in [-0.15, -0.1) is 0 Å². The molecular formula is C18H13F3N4O3.